The van der Waals surface area contributed by atoms with Crippen molar-refractivity contribution in [2.24, 2.45) is 5.10 Å². The van der Waals surface area contributed by atoms with Crippen molar-refractivity contribution in [3.05, 3.63) is 89.5 Å². The molecule has 3 aromatic carbocycles. The van der Waals surface area contributed by atoms with Gasteiger partial charge in [0, 0.05) is 5.56 Å². The summed E-state index contributed by atoms with van der Waals surface area (Å²) in [5.74, 6) is 1.30. The fraction of sp³-hybridized carbons (Fsp3) is 0.125. The minimum Gasteiger partial charge on any atom is -0.497 e. The van der Waals surface area contributed by atoms with E-state index in [1.807, 2.05) is 48.5 Å². The predicted molar refractivity (Wildman–Crippen MR) is 114 cm³/mol. The van der Waals surface area contributed by atoms with E-state index in [9.17, 15) is 9.59 Å². The number of methoxy groups -OCH3 is 1. The number of rotatable bonds is 7. The number of hydrogen-bond donors (Lipinski definition) is 1. The van der Waals surface area contributed by atoms with Crippen molar-refractivity contribution in [3.63, 3.8) is 0 Å². The number of hydrogen-bond acceptors (Lipinski definition) is 6. The zero-order valence-corrected chi connectivity index (χ0v) is 16.8. The molecule has 0 spiro atoms. The van der Waals surface area contributed by atoms with Crippen molar-refractivity contribution < 1.29 is 23.8 Å². The summed E-state index contributed by atoms with van der Waals surface area (Å²) in [7, 11) is 1.61. The summed E-state index contributed by atoms with van der Waals surface area (Å²) >= 11 is 0. The number of nitrogens with zero attached hydrogens (tertiary/aromatic N) is 1. The SMILES string of the molecule is COc1ccc(Oc2cccc(C=NNC(=O)CC3OC(=O)c4ccccc43)c2)cc1. The summed E-state index contributed by atoms with van der Waals surface area (Å²) in [5, 5.41) is 3.99. The smallest absolute Gasteiger partial charge is 0.339 e. The Morgan fingerprint density at radius 3 is 2.61 bits per heavy atom. The molecule has 1 aliphatic rings. The van der Waals surface area contributed by atoms with Crippen LogP contribution in [0.2, 0.25) is 0 Å². The Kier molecular flexibility index (Phi) is 5.93. The van der Waals surface area contributed by atoms with Gasteiger partial charge in [0.2, 0.25) is 5.91 Å². The van der Waals surface area contributed by atoms with Crippen LogP contribution in [0.4, 0.5) is 0 Å². The van der Waals surface area contributed by atoms with Crippen LogP contribution in [0.3, 0.4) is 0 Å². The predicted octanol–water partition coefficient (Wildman–Crippen LogP) is 4.24. The molecule has 0 saturated carbocycles. The zero-order chi connectivity index (χ0) is 21.6. The minimum atomic E-state index is -0.597. The molecule has 7 heteroatoms. The van der Waals surface area contributed by atoms with Crippen LogP contribution in [-0.4, -0.2) is 25.2 Å². The first-order chi connectivity index (χ1) is 15.1. The second kappa shape index (κ2) is 9.13. The molecule has 0 aromatic heterocycles. The van der Waals surface area contributed by atoms with Crippen molar-refractivity contribution in [1.29, 1.82) is 0 Å². The second-order valence-electron chi connectivity index (χ2n) is 6.83. The summed E-state index contributed by atoms with van der Waals surface area (Å²) in [6, 6.07) is 21.6. The van der Waals surface area contributed by atoms with E-state index in [1.54, 1.807) is 31.4 Å². The third-order valence-electron chi connectivity index (χ3n) is 4.70. The maximum absolute atomic E-state index is 12.2. The molecule has 1 aliphatic heterocycles. The Balaban J connectivity index is 1.33. The standard InChI is InChI=1S/C24H20N2O5/c1-29-17-9-11-18(12-10-17)30-19-6-4-5-16(13-19)15-25-26-23(27)14-22-20-7-2-3-8-21(20)24(28)31-22/h2-13,15,22H,14H2,1H3,(H,26,27). The van der Waals surface area contributed by atoms with Crippen molar-refractivity contribution in [1.82, 2.24) is 5.43 Å². The average molecular weight is 416 g/mol. The number of cyclic esters (lactones) is 1. The number of benzene rings is 3. The molecule has 4 rings (SSSR count). The van der Waals surface area contributed by atoms with Gasteiger partial charge in [0.05, 0.1) is 25.3 Å². The highest BCUT2D eigenvalue weighted by atomic mass is 16.5. The van der Waals surface area contributed by atoms with Crippen molar-refractivity contribution in [3.8, 4) is 17.2 Å². The number of esters is 1. The molecule has 0 saturated heterocycles. The van der Waals surface area contributed by atoms with Gasteiger partial charge in [0.15, 0.2) is 0 Å². The van der Waals surface area contributed by atoms with E-state index in [1.165, 1.54) is 6.21 Å². The van der Waals surface area contributed by atoms with Gasteiger partial charge in [-0.15, -0.1) is 0 Å². The number of nitrogens with one attached hydrogen (secondary N) is 1. The van der Waals surface area contributed by atoms with Crippen molar-refractivity contribution >= 4 is 18.1 Å². The molecule has 0 radical (unpaired) electrons. The van der Waals surface area contributed by atoms with E-state index in [0.29, 0.717) is 17.1 Å². The number of hydrazone groups is 1. The first-order valence-electron chi connectivity index (χ1n) is 9.66. The van der Waals surface area contributed by atoms with E-state index in [2.05, 4.69) is 10.5 Å². The lowest BCUT2D eigenvalue weighted by Crippen LogP contribution is -2.20. The second-order valence-corrected chi connectivity index (χ2v) is 6.83. The molecule has 0 bridgehead atoms. The lowest BCUT2D eigenvalue weighted by atomic mass is 10.0. The molecular weight excluding hydrogens is 396 g/mol. The van der Waals surface area contributed by atoms with Gasteiger partial charge >= 0.3 is 5.97 Å². The van der Waals surface area contributed by atoms with E-state index in [0.717, 1.165) is 16.9 Å². The van der Waals surface area contributed by atoms with Crippen molar-refractivity contribution in [2.75, 3.05) is 7.11 Å². The van der Waals surface area contributed by atoms with Crippen LogP contribution in [0.25, 0.3) is 0 Å². The highest BCUT2D eigenvalue weighted by molar-refractivity contribution is 5.94. The van der Waals surface area contributed by atoms with Gasteiger partial charge in [-0.2, -0.15) is 5.10 Å². The van der Waals surface area contributed by atoms with Crippen LogP contribution in [-0.2, 0) is 9.53 Å². The molecular formula is C24H20N2O5. The number of carbonyl (C=O) groups excluding carboxylic acids is 2. The molecule has 1 N–H and O–H groups in total. The van der Waals surface area contributed by atoms with Crippen LogP contribution >= 0.6 is 0 Å². The van der Waals surface area contributed by atoms with Crippen LogP contribution in [0, 0.1) is 0 Å². The van der Waals surface area contributed by atoms with E-state index in [4.69, 9.17) is 14.2 Å². The van der Waals surface area contributed by atoms with Gasteiger partial charge in [-0.1, -0.05) is 30.3 Å². The fourth-order valence-electron chi connectivity index (χ4n) is 3.20. The third kappa shape index (κ3) is 4.90. The number of fused-ring (bicyclic) bond motifs is 1. The highest BCUT2D eigenvalue weighted by Gasteiger charge is 2.31. The lowest BCUT2D eigenvalue weighted by Gasteiger charge is -2.09. The highest BCUT2D eigenvalue weighted by Crippen LogP contribution is 2.32. The summed E-state index contributed by atoms with van der Waals surface area (Å²) in [4.78, 5) is 24.1. The normalized spacial score (nSPS) is 14.7. The van der Waals surface area contributed by atoms with E-state index >= 15 is 0 Å². The molecule has 31 heavy (non-hydrogen) atoms. The summed E-state index contributed by atoms with van der Waals surface area (Å²) in [5.41, 5.74) is 4.44. The molecule has 3 aromatic rings. The molecule has 0 fully saturated rings. The lowest BCUT2D eigenvalue weighted by molar-refractivity contribution is -0.122. The Morgan fingerprint density at radius 1 is 1.03 bits per heavy atom. The van der Waals surface area contributed by atoms with Gasteiger partial charge in [-0.05, 0) is 48.0 Å². The monoisotopic (exact) mass is 416 g/mol. The molecule has 0 aliphatic carbocycles. The number of amides is 1. The molecule has 1 amide bonds. The Bertz CT molecular complexity index is 1120. The quantitative estimate of drug-likeness (QED) is 0.354. The van der Waals surface area contributed by atoms with Crippen molar-refractivity contribution in [2.45, 2.75) is 12.5 Å². The molecule has 156 valence electrons. The number of ether oxygens (including phenoxy) is 3. The fourth-order valence-corrected chi connectivity index (χ4v) is 3.20. The third-order valence-corrected chi connectivity index (χ3v) is 4.70. The summed E-state index contributed by atoms with van der Waals surface area (Å²) in [6.07, 6.45) is 0.925. The molecule has 7 nitrogen and oxygen atoms in total. The first kappa shape index (κ1) is 20.2. The summed E-state index contributed by atoms with van der Waals surface area (Å²) < 4.78 is 16.2. The molecule has 1 atom stereocenters. The molecule has 1 heterocycles. The largest absolute Gasteiger partial charge is 0.497 e. The zero-order valence-electron chi connectivity index (χ0n) is 16.8. The topological polar surface area (TPSA) is 86.2 Å². The number of carbonyl (C=O) groups is 2. The van der Waals surface area contributed by atoms with E-state index in [-0.39, 0.29) is 12.3 Å². The first-order valence-corrected chi connectivity index (χ1v) is 9.66. The molecule has 1 unspecified atom stereocenters. The van der Waals surface area contributed by atoms with Crippen LogP contribution in [0.1, 0.15) is 34.0 Å². The van der Waals surface area contributed by atoms with Gasteiger partial charge in [0.25, 0.3) is 0 Å². The Morgan fingerprint density at radius 2 is 1.81 bits per heavy atom. The average Bonchev–Trinajstić information content (AvgIpc) is 3.10. The Hall–Kier alpha value is -4.13. The van der Waals surface area contributed by atoms with Gasteiger partial charge in [0.1, 0.15) is 23.4 Å². The van der Waals surface area contributed by atoms with Crippen LogP contribution in [0.15, 0.2) is 77.9 Å². The van der Waals surface area contributed by atoms with E-state index < -0.39 is 12.1 Å². The summed E-state index contributed by atoms with van der Waals surface area (Å²) in [6.45, 7) is 0. The Labute approximate surface area is 179 Å². The maximum atomic E-state index is 12.2. The van der Waals surface area contributed by atoms with Crippen LogP contribution in [0.5, 0.6) is 17.2 Å². The van der Waals surface area contributed by atoms with Gasteiger partial charge in [-0.3, -0.25) is 4.79 Å². The van der Waals surface area contributed by atoms with Gasteiger partial charge < -0.3 is 14.2 Å². The maximum Gasteiger partial charge on any atom is 0.339 e. The minimum absolute atomic E-state index is 0.000708. The van der Waals surface area contributed by atoms with Crippen LogP contribution < -0.4 is 14.9 Å². The van der Waals surface area contributed by atoms with Gasteiger partial charge in [-0.25, -0.2) is 10.2 Å².